The molecule has 0 atom stereocenters. The number of nitrogens with one attached hydrogen (secondary N) is 3. The van der Waals surface area contributed by atoms with E-state index in [1.165, 1.54) is 18.6 Å². The van der Waals surface area contributed by atoms with Gasteiger partial charge in [-0.05, 0) is 22.0 Å². The summed E-state index contributed by atoms with van der Waals surface area (Å²) in [5.41, 5.74) is 0. The maximum atomic E-state index is 12.2. The van der Waals surface area contributed by atoms with E-state index in [-0.39, 0.29) is 17.3 Å². The van der Waals surface area contributed by atoms with Crippen LogP contribution < -0.4 is 10.0 Å². The highest BCUT2D eigenvalue weighted by Gasteiger charge is 2.20. The lowest BCUT2D eigenvalue weighted by Crippen LogP contribution is -2.25. The number of sulfonamides is 1. The predicted molar refractivity (Wildman–Crippen MR) is 71.9 cm³/mol. The van der Waals surface area contributed by atoms with Crippen molar-refractivity contribution in [3.05, 3.63) is 28.9 Å². The molecule has 3 N–H and O–H groups in total. The molecule has 2 aromatic heterocycles. The monoisotopic (exact) mass is 346 g/mol. The van der Waals surface area contributed by atoms with Crippen molar-refractivity contribution in [1.29, 1.82) is 0 Å². The summed E-state index contributed by atoms with van der Waals surface area (Å²) in [6.07, 6.45) is 2.82. The second kappa shape index (κ2) is 5.63. The molecule has 0 saturated heterocycles. The largest absolute Gasteiger partial charge is 0.372 e. The van der Waals surface area contributed by atoms with Crippen LogP contribution in [0, 0.1) is 0 Å². The number of aromatic nitrogens is 4. The first-order valence-corrected chi connectivity index (χ1v) is 7.48. The zero-order chi connectivity index (χ0) is 13.9. The van der Waals surface area contributed by atoms with E-state index in [1.807, 2.05) is 0 Å². The summed E-state index contributed by atoms with van der Waals surface area (Å²) < 4.78 is 27.4. The highest BCUT2D eigenvalue weighted by molar-refractivity contribution is 9.10. The Kier molecular flexibility index (Phi) is 4.12. The van der Waals surface area contributed by atoms with E-state index in [9.17, 15) is 8.42 Å². The number of hydrogen-bond donors (Lipinski definition) is 3. The van der Waals surface area contributed by atoms with Gasteiger partial charge in [-0.2, -0.15) is 5.10 Å². The van der Waals surface area contributed by atoms with Crippen molar-refractivity contribution in [3.8, 4) is 0 Å². The molecule has 0 radical (unpaired) electrons. The highest BCUT2D eigenvalue weighted by Crippen LogP contribution is 2.22. The second-order valence-electron chi connectivity index (χ2n) is 3.51. The van der Waals surface area contributed by atoms with Gasteiger partial charge in [0.05, 0.1) is 6.54 Å². The normalized spacial score (nSPS) is 11.5. The van der Waals surface area contributed by atoms with Crippen LogP contribution >= 0.6 is 15.9 Å². The first-order chi connectivity index (χ1) is 9.03. The lowest BCUT2D eigenvalue weighted by Gasteiger charge is -2.10. The van der Waals surface area contributed by atoms with Crippen molar-refractivity contribution < 1.29 is 8.42 Å². The number of nitrogens with zero attached hydrogens (tertiary/aromatic N) is 3. The molecular weight excluding hydrogens is 336 g/mol. The fraction of sp³-hybridized carbons (Fsp3) is 0.222. The molecule has 2 rings (SSSR count). The van der Waals surface area contributed by atoms with Gasteiger partial charge in [-0.25, -0.2) is 23.1 Å². The Bertz CT molecular complexity index is 657. The topological polar surface area (TPSA) is 113 Å². The van der Waals surface area contributed by atoms with Crippen molar-refractivity contribution in [2.75, 3.05) is 12.4 Å². The van der Waals surface area contributed by atoms with E-state index in [2.05, 4.69) is 46.1 Å². The van der Waals surface area contributed by atoms with Crippen LogP contribution in [0.4, 0.5) is 5.82 Å². The van der Waals surface area contributed by atoms with E-state index >= 15 is 0 Å². The second-order valence-corrected chi connectivity index (χ2v) is 6.16. The summed E-state index contributed by atoms with van der Waals surface area (Å²) in [6, 6.07) is 1.47. The van der Waals surface area contributed by atoms with E-state index in [0.29, 0.717) is 10.3 Å². The zero-order valence-electron chi connectivity index (χ0n) is 9.88. The molecule has 102 valence electrons. The Labute approximate surface area is 118 Å². The zero-order valence-corrected chi connectivity index (χ0v) is 12.3. The molecule has 10 heteroatoms. The van der Waals surface area contributed by atoms with Crippen LogP contribution in [-0.2, 0) is 16.6 Å². The van der Waals surface area contributed by atoms with Gasteiger partial charge in [-0.1, -0.05) is 0 Å². The summed E-state index contributed by atoms with van der Waals surface area (Å²) in [6.45, 7) is 0.0258. The summed E-state index contributed by atoms with van der Waals surface area (Å²) in [5, 5.41) is 8.95. The molecule has 8 nitrogen and oxygen atoms in total. The van der Waals surface area contributed by atoms with Gasteiger partial charge in [0.2, 0.25) is 10.0 Å². The number of halogens is 1. The van der Waals surface area contributed by atoms with Crippen LogP contribution in [0.3, 0.4) is 0 Å². The standard InChI is InChI=1S/C9H11BrN6O2S/c1-11-9-7(2-6(10)3-12-9)19(17,18)15-4-8-13-5-14-16-8/h2-3,5,15H,4H2,1H3,(H,11,12)(H,13,14,16). The molecule has 2 heterocycles. The van der Waals surface area contributed by atoms with Crippen molar-refractivity contribution in [2.24, 2.45) is 0 Å². The third-order valence-corrected chi connectivity index (χ3v) is 4.09. The van der Waals surface area contributed by atoms with Crippen LogP contribution in [0.25, 0.3) is 0 Å². The Hall–Kier alpha value is -1.52. The average Bonchev–Trinajstić information content (AvgIpc) is 2.89. The molecule has 0 amide bonds. The van der Waals surface area contributed by atoms with Gasteiger partial charge >= 0.3 is 0 Å². The van der Waals surface area contributed by atoms with Crippen molar-refractivity contribution in [3.63, 3.8) is 0 Å². The molecule has 0 aliphatic heterocycles. The lowest BCUT2D eigenvalue weighted by molar-refractivity contribution is 0.579. The van der Waals surface area contributed by atoms with Crippen LogP contribution in [0.2, 0.25) is 0 Å². The van der Waals surface area contributed by atoms with Gasteiger partial charge in [0.25, 0.3) is 0 Å². The smallest absolute Gasteiger partial charge is 0.244 e. The molecule has 0 saturated carbocycles. The highest BCUT2D eigenvalue weighted by atomic mass is 79.9. The summed E-state index contributed by atoms with van der Waals surface area (Å²) >= 11 is 3.20. The fourth-order valence-corrected chi connectivity index (χ4v) is 3.03. The minimum absolute atomic E-state index is 0.0258. The number of hydrogen-bond acceptors (Lipinski definition) is 6. The van der Waals surface area contributed by atoms with Crippen molar-refractivity contribution in [2.45, 2.75) is 11.4 Å². The number of aromatic amines is 1. The molecule has 0 fully saturated rings. The van der Waals surface area contributed by atoms with E-state index < -0.39 is 10.0 Å². The van der Waals surface area contributed by atoms with E-state index in [0.717, 1.165) is 0 Å². The third-order valence-electron chi connectivity index (χ3n) is 2.24. The van der Waals surface area contributed by atoms with Gasteiger partial charge in [0.1, 0.15) is 22.9 Å². The Morgan fingerprint density at radius 2 is 2.21 bits per heavy atom. The summed E-state index contributed by atoms with van der Waals surface area (Å²) in [4.78, 5) is 7.89. The van der Waals surface area contributed by atoms with Crippen LogP contribution in [0.1, 0.15) is 5.82 Å². The predicted octanol–water partition coefficient (Wildman–Crippen LogP) is 0.482. The fourth-order valence-electron chi connectivity index (χ4n) is 1.37. The SMILES string of the molecule is CNc1ncc(Br)cc1S(=O)(=O)NCc1ncn[nH]1. The van der Waals surface area contributed by atoms with Crippen LogP contribution in [0.15, 0.2) is 28.0 Å². The molecular formula is C9H11BrN6O2S. The number of H-pyrrole nitrogens is 1. The average molecular weight is 347 g/mol. The minimum atomic E-state index is -3.69. The quantitative estimate of drug-likeness (QED) is 0.725. The van der Waals surface area contributed by atoms with Gasteiger partial charge in [0, 0.05) is 17.7 Å². The molecule has 2 aromatic rings. The first kappa shape index (κ1) is 13.9. The van der Waals surface area contributed by atoms with Crippen molar-refractivity contribution >= 4 is 31.8 Å². The summed E-state index contributed by atoms with van der Waals surface area (Å²) in [7, 11) is -2.09. The summed E-state index contributed by atoms with van der Waals surface area (Å²) in [5.74, 6) is 0.700. The maximum absolute atomic E-state index is 12.2. The number of rotatable bonds is 5. The molecule has 0 aromatic carbocycles. The van der Waals surface area contributed by atoms with Crippen LogP contribution in [0.5, 0.6) is 0 Å². The molecule has 0 spiro atoms. The Morgan fingerprint density at radius 1 is 1.42 bits per heavy atom. The van der Waals surface area contributed by atoms with E-state index in [1.54, 1.807) is 7.05 Å². The molecule has 0 aliphatic rings. The van der Waals surface area contributed by atoms with Gasteiger partial charge in [0.15, 0.2) is 0 Å². The maximum Gasteiger partial charge on any atom is 0.244 e. The number of pyridine rings is 1. The van der Waals surface area contributed by atoms with Gasteiger partial charge < -0.3 is 5.32 Å². The molecule has 0 unspecified atom stereocenters. The third kappa shape index (κ3) is 3.28. The lowest BCUT2D eigenvalue weighted by atomic mass is 10.4. The van der Waals surface area contributed by atoms with Gasteiger partial charge in [-0.3, -0.25) is 5.10 Å². The number of anilines is 1. The molecule has 0 bridgehead atoms. The van der Waals surface area contributed by atoms with Crippen molar-refractivity contribution in [1.82, 2.24) is 24.9 Å². The molecule has 0 aliphatic carbocycles. The Morgan fingerprint density at radius 3 is 2.84 bits per heavy atom. The molecule has 19 heavy (non-hydrogen) atoms. The minimum Gasteiger partial charge on any atom is -0.372 e. The first-order valence-electron chi connectivity index (χ1n) is 5.20. The Balaban J connectivity index is 2.26. The van der Waals surface area contributed by atoms with Gasteiger partial charge in [-0.15, -0.1) is 0 Å². The van der Waals surface area contributed by atoms with E-state index in [4.69, 9.17) is 0 Å². The van der Waals surface area contributed by atoms with Crippen LogP contribution in [-0.4, -0.2) is 35.6 Å².